The van der Waals surface area contributed by atoms with E-state index in [0.717, 1.165) is 18.0 Å². The van der Waals surface area contributed by atoms with E-state index in [9.17, 15) is 9.59 Å². The van der Waals surface area contributed by atoms with Crippen LogP contribution in [-0.4, -0.2) is 54.3 Å². The Morgan fingerprint density at radius 2 is 1.55 bits per heavy atom. The first-order valence-corrected chi connectivity index (χ1v) is 10.8. The maximum absolute atomic E-state index is 12.7. The number of esters is 1. The summed E-state index contributed by atoms with van der Waals surface area (Å²) in [4.78, 5) is 30.2. The van der Waals surface area contributed by atoms with Crippen LogP contribution in [0.2, 0.25) is 0 Å². The maximum Gasteiger partial charge on any atom is 0.319 e. The molecule has 1 saturated heterocycles. The number of nitrogens with zero attached hydrogens (tertiary/aromatic N) is 2. The van der Waals surface area contributed by atoms with Crippen molar-refractivity contribution in [3.05, 3.63) is 60.2 Å². The maximum atomic E-state index is 12.7. The normalized spacial score (nSPS) is 16.2. The monoisotopic (exact) mass is 412 g/mol. The molecule has 1 fully saturated rings. The molecule has 154 valence electrons. The highest BCUT2D eigenvalue weighted by Gasteiger charge is 2.28. The largest absolute Gasteiger partial charge is 0.452 e. The Labute approximate surface area is 177 Å². The standard InChI is InChI=1S/C23H28N2O3S/c1-17-9-11-21(12-10-17)29-19(3)23(27)28-18(2)22(26)25-15-13-24(14-16-25)20-7-5-4-6-8-20/h4-12,18-19H,13-16H2,1-3H3/t18-,19+/m1/s1. The third-order valence-corrected chi connectivity index (χ3v) is 6.11. The predicted molar refractivity (Wildman–Crippen MR) is 117 cm³/mol. The Morgan fingerprint density at radius 1 is 0.931 bits per heavy atom. The zero-order valence-corrected chi connectivity index (χ0v) is 18.0. The molecule has 1 aliphatic rings. The predicted octanol–water partition coefficient (Wildman–Crippen LogP) is 3.76. The molecule has 0 aliphatic carbocycles. The molecule has 29 heavy (non-hydrogen) atoms. The summed E-state index contributed by atoms with van der Waals surface area (Å²) in [5.74, 6) is -0.488. The minimum Gasteiger partial charge on any atom is -0.452 e. The SMILES string of the molecule is Cc1ccc(S[C@@H](C)C(=O)O[C@H](C)C(=O)N2CCN(c3ccccc3)CC2)cc1. The van der Waals surface area contributed by atoms with E-state index < -0.39 is 6.10 Å². The van der Waals surface area contributed by atoms with Crippen molar-refractivity contribution in [1.29, 1.82) is 0 Å². The number of thioether (sulfide) groups is 1. The number of hydrogen-bond donors (Lipinski definition) is 0. The molecule has 2 aromatic rings. The molecule has 5 nitrogen and oxygen atoms in total. The lowest BCUT2D eigenvalue weighted by Gasteiger charge is -2.37. The number of para-hydroxylation sites is 1. The Hall–Kier alpha value is -2.47. The Bertz CT molecular complexity index is 818. The van der Waals surface area contributed by atoms with Crippen molar-refractivity contribution in [3.63, 3.8) is 0 Å². The van der Waals surface area contributed by atoms with Gasteiger partial charge in [0.25, 0.3) is 5.91 Å². The number of rotatable bonds is 6. The smallest absolute Gasteiger partial charge is 0.319 e. The third-order valence-electron chi connectivity index (χ3n) is 5.02. The highest BCUT2D eigenvalue weighted by Crippen LogP contribution is 2.25. The Balaban J connectivity index is 1.47. The molecular weight excluding hydrogens is 384 g/mol. The molecule has 2 aromatic carbocycles. The Morgan fingerprint density at radius 3 is 2.17 bits per heavy atom. The number of benzene rings is 2. The fourth-order valence-corrected chi connectivity index (χ4v) is 4.12. The van der Waals surface area contributed by atoms with Crippen LogP contribution in [0.1, 0.15) is 19.4 Å². The van der Waals surface area contributed by atoms with Crippen LogP contribution in [0.5, 0.6) is 0 Å². The number of carbonyl (C=O) groups is 2. The summed E-state index contributed by atoms with van der Waals surface area (Å²) >= 11 is 1.44. The molecular formula is C23H28N2O3S. The fourth-order valence-electron chi connectivity index (χ4n) is 3.27. The Kier molecular flexibility index (Phi) is 7.20. The van der Waals surface area contributed by atoms with Gasteiger partial charge in [0.15, 0.2) is 6.10 Å². The molecule has 6 heteroatoms. The van der Waals surface area contributed by atoms with Crippen molar-refractivity contribution in [2.45, 2.75) is 37.0 Å². The van der Waals surface area contributed by atoms with Gasteiger partial charge in [0.2, 0.25) is 0 Å². The average Bonchev–Trinajstić information content (AvgIpc) is 2.75. The number of carbonyl (C=O) groups excluding carboxylic acids is 2. The molecule has 3 rings (SSSR count). The third kappa shape index (κ3) is 5.76. The quantitative estimate of drug-likeness (QED) is 0.534. The van der Waals surface area contributed by atoms with E-state index in [1.807, 2.05) is 56.3 Å². The summed E-state index contributed by atoms with van der Waals surface area (Å²) in [5, 5.41) is -0.372. The van der Waals surface area contributed by atoms with Crippen molar-refractivity contribution >= 4 is 29.3 Å². The van der Waals surface area contributed by atoms with Gasteiger partial charge in [0.1, 0.15) is 5.25 Å². The number of ether oxygens (including phenoxy) is 1. The minimum atomic E-state index is -0.771. The highest BCUT2D eigenvalue weighted by atomic mass is 32.2. The van der Waals surface area contributed by atoms with E-state index in [4.69, 9.17) is 4.74 Å². The number of aryl methyl sites for hydroxylation is 1. The van der Waals surface area contributed by atoms with Crippen molar-refractivity contribution in [1.82, 2.24) is 4.90 Å². The average molecular weight is 413 g/mol. The second-order valence-electron chi connectivity index (χ2n) is 7.30. The van der Waals surface area contributed by atoms with Crippen molar-refractivity contribution < 1.29 is 14.3 Å². The van der Waals surface area contributed by atoms with Crippen LogP contribution in [0.3, 0.4) is 0 Å². The molecule has 0 saturated carbocycles. The summed E-state index contributed by atoms with van der Waals surface area (Å²) in [6.45, 7) is 8.30. The minimum absolute atomic E-state index is 0.126. The van der Waals surface area contributed by atoms with Gasteiger partial charge in [-0.15, -0.1) is 11.8 Å². The van der Waals surface area contributed by atoms with Gasteiger partial charge < -0.3 is 14.5 Å². The second kappa shape index (κ2) is 9.83. The molecule has 2 atom stereocenters. The number of hydrogen-bond acceptors (Lipinski definition) is 5. The molecule has 0 unspecified atom stereocenters. The van der Waals surface area contributed by atoms with E-state index in [1.165, 1.54) is 23.0 Å². The first-order valence-electron chi connectivity index (χ1n) is 9.96. The molecule has 0 bridgehead atoms. The van der Waals surface area contributed by atoms with Crippen LogP contribution in [0.4, 0.5) is 5.69 Å². The molecule has 0 N–H and O–H groups in total. The van der Waals surface area contributed by atoms with Crippen molar-refractivity contribution in [2.24, 2.45) is 0 Å². The van der Waals surface area contributed by atoms with E-state index >= 15 is 0 Å². The molecule has 1 heterocycles. The van der Waals surface area contributed by atoms with Crippen molar-refractivity contribution in [3.8, 4) is 0 Å². The van der Waals surface area contributed by atoms with E-state index in [1.54, 1.807) is 11.8 Å². The van der Waals surface area contributed by atoms with Crippen LogP contribution in [0, 0.1) is 6.92 Å². The van der Waals surface area contributed by atoms with Crippen LogP contribution < -0.4 is 4.90 Å². The van der Waals surface area contributed by atoms with E-state index in [-0.39, 0.29) is 17.1 Å². The molecule has 1 amide bonds. The molecule has 0 spiro atoms. The van der Waals surface area contributed by atoms with E-state index in [0.29, 0.717) is 13.1 Å². The summed E-state index contributed by atoms with van der Waals surface area (Å²) in [7, 11) is 0. The highest BCUT2D eigenvalue weighted by molar-refractivity contribution is 8.00. The zero-order valence-electron chi connectivity index (χ0n) is 17.2. The first kappa shape index (κ1) is 21.2. The van der Waals surface area contributed by atoms with Crippen LogP contribution >= 0.6 is 11.8 Å². The number of anilines is 1. The van der Waals surface area contributed by atoms with Gasteiger partial charge in [-0.05, 0) is 45.0 Å². The molecule has 0 radical (unpaired) electrons. The molecule has 0 aromatic heterocycles. The first-order chi connectivity index (χ1) is 13.9. The lowest BCUT2D eigenvalue weighted by atomic mass is 10.2. The van der Waals surface area contributed by atoms with Gasteiger partial charge in [-0.3, -0.25) is 9.59 Å². The van der Waals surface area contributed by atoms with Gasteiger partial charge in [0, 0.05) is 36.8 Å². The summed E-state index contributed by atoms with van der Waals surface area (Å²) in [6.07, 6.45) is -0.771. The van der Waals surface area contributed by atoms with Gasteiger partial charge in [-0.2, -0.15) is 0 Å². The number of amides is 1. The van der Waals surface area contributed by atoms with E-state index in [2.05, 4.69) is 17.0 Å². The van der Waals surface area contributed by atoms with Gasteiger partial charge in [-0.1, -0.05) is 35.9 Å². The van der Waals surface area contributed by atoms with Crippen LogP contribution in [0.25, 0.3) is 0 Å². The van der Waals surface area contributed by atoms with Crippen LogP contribution in [-0.2, 0) is 14.3 Å². The van der Waals surface area contributed by atoms with Gasteiger partial charge in [-0.25, -0.2) is 0 Å². The summed E-state index contributed by atoms with van der Waals surface area (Å²) < 4.78 is 5.47. The molecule has 1 aliphatic heterocycles. The summed E-state index contributed by atoms with van der Waals surface area (Å²) in [6, 6.07) is 18.2. The second-order valence-corrected chi connectivity index (χ2v) is 8.71. The topological polar surface area (TPSA) is 49.9 Å². The summed E-state index contributed by atoms with van der Waals surface area (Å²) in [5.41, 5.74) is 2.34. The zero-order chi connectivity index (χ0) is 20.8. The lowest BCUT2D eigenvalue weighted by Crippen LogP contribution is -2.51. The lowest BCUT2D eigenvalue weighted by molar-refractivity contribution is -0.158. The van der Waals surface area contributed by atoms with Gasteiger partial charge >= 0.3 is 5.97 Å². The number of piperazine rings is 1. The fraction of sp³-hybridized carbons (Fsp3) is 0.391. The van der Waals surface area contributed by atoms with Crippen LogP contribution in [0.15, 0.2) is 59.5 Å². The van der Waals surface area contributed by atoms with Gasteiger partial charge in [0.05, 0.1) is 0 Å². The van der Waals surface area contributed by atoms with Crippen molar-refractivity contribution in [2.75, 3.05) is 31.1 Å².